The second-order valence-corrected chi connectivity index (χ2v) is 6.38. The fraction of sp³-hybridized carbons (Fsp3) is 0.625. The van der Waals surface area contributed by atoms with Crippen molar-refractivity contribution in [3.63, 3.8) is 0 Å². The summed E-state index contributed by atoms with van der Waals surface area (Å²) in [5, 5.41) is 0. The van der Waals surface area contributed by atoms with Crippen LogP contribution >= 0.6 is 12.6 Å². The third-order valence-electron chi connectivity index (χ3n) is 4.22. The van der Waals surface area contributed by atoms with Crippen LogP contribution in [0.2, 0.25) is 0 Å². The highest BCUT2D eigenvalue weighted by molar-refractivity contribution is 7.80. The second-order valence-electron chi connectivity index (χ2n) is 6.07. The maximum Gasteiger partial charge on any atom is 0.0369 e. The van der Waals surface area contributed by atoms with E-state index in [-0.39, 0.29) is 0 Å². The molecule has 1 nitrogen and oxygen atoms in total. The Labute approximate surface area is 117 Å². The molecule has 0 atom stereocenters. The zero-order chi connectivity index (χ0) is 13.2. The lowest BCUT2D eigenvalue weighted by Gasteiger charge is -2.33. The minimum Gasteiger partial charge on any atom is -0.374 e. The topological polar surface area (TPSA) is 3.24 Å². The summed E-state index contributed by atoms with van der Waals surface area (Å²) in [5.74, 6) is 1.02. The van der Waals surface area contributed by atoms with E-state index in [1.165, 1.54) is 42.5 Å². The van der Waals surface area contributed by atoms with E-state index in [1.807, 2.05) is 0 Å². The number of hydrogen-bond acceptors (Lipinski definition) is 2. The highest BCUT2D eigenvalue weighted by Crippen LogP contribution is 2.40. The van der Waals surface area contributed by atoms with Gasteiger partial charge in [-0.15, -0.1) is 0 Å². The van der Waals surface area contributed by atoms with Gasteiger partial charge in [0.15, 0.2) is 0 Å². The second kappa shape index (κ2) is 5.56. The Balaban J connectivity index is 2.13. The third kappa shape index (κ3) is 3.03. The maximum atomic E-state index is 4.60. The molecule has 1 aromatic rings. The Bertz CT molecular complexity index is 387. The Morgan fingerprint density at radius 2 is 1.67 bits per heavy atom. The summed E-state index contributed by atoms with van der Waals surface area (Å²) in [6, 6.07) is 6.81. The van der Waals surface area contributed by atoms with E-state index >= 15 is 0 Å². The molecule has 0 N–H and O–H groups in total. The van der Waals surface area contributed by atoms with Crippen LogP contribution in [0, 0.1) is 19.3 Å². The van der Waals surface area contributed by atoms with E-state index in [2.05, 4.69) is 56.6 Å². The number of aryl methyl sites for hydroxylation is 2. The Hall–Kier alpha value is -0.630. The van der Waals surface area contributed by atoms with E-state index < -0.39 is 0 Å². The van der Waals surface area contributed by atoms with Gasteiger partial charge in [-0.25, -0.2) is 0 Å². The van der Waals surface area contributed by atoms with Crippen molar-refractivity contribution < 1.29 is 0 Å². The quantitative estimate of drug-likeness (QED) is 0.796. The lowest BCUT2D eigenvalue weighted by atomic mass is 9.88. The Morgan fingerprint density at radius 3 is 2.17 bits per heavy atom. The van der Waals surface area contributed by atoms with Gasteiger partial charge in [0.05, 0.1) is 0 Å². The van der Waals surface area contributed by atoms with Crippen LogP contribution in [0.3, 0.4) is 0 Å². The fourth-order valence-corrected chi connectivity index (χ4v) is 3.67. The van der Waals surface area contributed by atoms with Crippen LogP contribution in [-0.4, -0.2) is 19.3 Å². The highest BCUT2D eigenvalue weighted by atomic mass is 32.1. The molecule has 1 aliphatic rings. The predicted octanol–water partition coefficient (Wildman–Crippen LogP) is 4.23. The van der Waals surface area contributed by atoms with E-state index in [9.17, 15) is 0 Å². The molecule has 0 bridgehead atoms. The molecule has 0 aromatic heterocycles. The van der Waals surface area contributed by atoms with Crippen molar-refractivity contribution in [1.82, 2.24) is 0 Å². The molecule has 18 heavy (non-hydrogen) atoms. The number of anilines is 1. The van der Waals surface area contributed by atoms with Crippen LogP contribution < -0.4 is 4.90 Å². The Morgan fingerprint density at radius 1 is 1.11 bits per heavy atom. The van der Waals surface area contributed by atoms with Gasteiger partial charge in [0.1, 0.15) is 0 Å². The summed E-state index contributed by atoms with van der Waals surface area (Å²) in [5.41, 5.74) is 4.49. The summed E-state index contributed by atoms with van der Waals surface area (Å²) < 4.78 is 0. The fourth-order valence-electron chi connectivity index (χ4n) is 3.26. The largest absolute Gasteiger partial charge is 0.374 e. The van der Waals surface area contributed by atoms with Gasteiger partial charge in [0.2, 0.25) is 0 Å². The summed E-state index contributed by atoms with van der Waals surface area (Å²) in [4.78, 5) is 2.42. The highest BCUT2D eigenvalue weighted by Gasteiger charge is 2.33. The first-order valence-electron chi connectivity index (χ1n) is 6.95. The first-order valence-corrected chi connectivity index (χ1v) is 7.58. The summed E-state index contributed by atoms with van der Waals surface area (Å²) in [6.45, 7) is 5.49. The number of nitrogens with zero attached hydrogens (tertiary/aromatic N) is 1. The van der Waals surface area contributed by atoms with Crippen molar-refractivity contribution in [3.8, 4) is 0 Å². The molecule has 1 aromatic carbocycles. The first kappa shape index (κ1) is 13.8. The minimum atomic E-state index is 0.440. The summed E-state index contributed by atoms with van der Waals surface area (Å²) >= 11 is 4.60. The van der Waals surface area contributed by atoms with Crippen LogP contribution in [0.1, 0.15) is 36.8 Å². The number of benzene rings is 1. The molecule has 0 heterocycles. The Kier molecular flexibility index (Phi) is 4.26. The number of thiol groups is 1. The lowest BCUT2D eigenvalue weighted by Crippen LogP contribution is -2.35. The molecule has 1 aliphatic carbocycles. The van der Waals surface area contributed by atoms with Gasteiger partial charge in [0.25, 0.3) is 0 Å². The van der Waals surface area contributed by atoms with Gasteiger partial charge in [-0.05, 0) is 61.1 Å². The van der Waals surface area contributed by atoms with Crippen LogP contribution in [-0.2, 0) is 0 Å². The van der Waals surface area contributed by atoms with Crippen molar-refractivity contribution in [2.45, 2.75) is 39.5 Å². The molecule has 0 saturated heterocycles. The monoisotopic (exact) mass is 263 g/mol. The van der Waals surface area contributed by atoms with Gasteiger partial charge in [-0.1, -0.05) is 18.9 Å². The minimum absolute atomic E-state index is 0.440. The number of hydrogen-bond donors (Lipinski definition) is 1. The standard InChI is InChI=1S/C16H25NS/c1-13-8-14(2)10-15(9-13)17(3)11-16(12-18)6-4-5-7-16/h8-10,18H,4-7,11-12H2,1-3H3. The van der Waals surface area contributed by atoms with Crippen molar-refractivity contribution >= 4 is 18.3 Å². The number of rotatable bonds is 4. The van der Waals surface area contributed by atoms with Crippen LogP contribution in [0.25, 0.3) is 0 Å². The van der Waals surface area contributed by atoms with Crippen molar-refractivity contribution in [2.75, 3.05) is 24.2 Å². The average Bonchev–Trinajstić information content (AvgIpc) is 2.77. The van der Waals surface area contributed by atoms with E-state index in [0.717, 1.165) is 12.3 Å². The van der Waals surface area contributed by atoms with Gasteiger partial charge in [0, 0.05) is 19.3 Å². The van der Waals surface area contributed by atoms with Gasteiger partial charge in [-0.2, -0.15) is 12.6 Å². The van der Waals surface area contributed by atoms with Gasteiger partial charge < -0.3 is 4.90 Å². The first-order chi connectivity index (χ1) is 8.54. The van der Waals surface area contributed by atoms with E-state index in [0.29, 0.717) is 5.41 Å². The van der Waals surface area contributed by atoms with Crippen LogP contribution in [0.15, 0.2) is 18.2 Å². The SMILES string of the molecule is Cc1cc(C)cc(N(C)CC2(CS)CCCC2)c1. The zero-order valence-corrected chi connectivity index (χ0v) is 12.8. The third-order valence-corrected chi connectivity index (χ3v) is 4.89. The molecule has 0 amide bonds. The normalized spacial score (nSPS) is 18.0. The summed E-state index contributed by atoms with van der Waals surface area (Å²) in [7, 11) is 2.22. The molecular formula is C16H25NS. The molecule has 0 aliphatic heterocycles. The molecule has 100 valence electrons. The maximum absolute atomic E-state index is 4.60. The molecule has 1 fully saturated rings. The smallest absolute Gasteiger partial charge is 0.0369 e. The summed E-state index contributed by atoms with van der Waals surface area (Å²) in [6.07, 6.45) is 5.43. The molecule has 0 radical (unpaired) electrons. The average molecular weight is 263 g/mol. The molecule has 0 unspecified atom stereocenters. The van der Waals surface area contributed by atoms with E-state index in [1.54, 1.807) is 0 Å². The molecular weight excluding hydrogens is 238 g/mol. The molecule has 2 rings (SSSR count). The van der Waals surface area contributed by atoms with Crippen LogP contribution in [0.4, 0.5) is 5.69 Å². The zero-order valence-electron chi connectivity index (χ0n) is 11.9. The van der Waals surface area contributed by atoms with Crippen molar-refractivity contribution in [2.24, 2.45) is 5.41 Å². The molecule has 2 heteroatoms. The van der Waals surface area contributed by atoms with Crippen molar-refractivity contribution in [3.05, 3.63) is 29.3 Å². The lowest BCUT2D eigenvalue weighted by molar-refractivity contribution is 0.354. The molecule has 1 saturated carbocycles. The van der Waals surface area contributed by atoms with Gasteiger partial charge in [-0.3, -0.25) is 0 Å². The van der Waals surface area contributed by atoms with Crippen molar-refractivity contribution in [1.29, 1.82) is 0 Å². The molecule has 0 spiro atoms. The predicted molar refractivity (Wildman–Crippen MR) is 83.9 cm³/mol. The van der Waals surface area contributed by atoms with Gasteiger partial charge >= 0.3 is 0 Å². The van der Waals surface area contributed by atoms with Crippen LogP contribution in [0.5, 0.6) is 0 Å². The van der Waals surface area contributed by atoms with E-state index in [4.69, 9.17) is 0 Å².